The van der Waals surface area contributed by atoms with Gasteiger partial charge in [0, 0.05) is 13.1 Å². The second-order valence-electron chi connectivity index (χ2n) is 6.45. The van der Waals surface area contributed by atoms with E-state index in [2.05, 4.69) is 17.4 Å². The zero-order valence-electron chi connectivity index (χ0n) is 15.5. The van der Waals surface area contributed by atoms with Gasteiger partial charge in [0.05, 0.1) is 20.8 Å². The van der Waals surface area contributed by atoms with Crippen molar-refractivity contribution in [3.63, 3.8) is 0 Å². The van der Waals surface area contributed by atoms with Crippen molar-refractivity contribution in [1.29, 1.82) is 0 Å². The second kappa shape index (κ2) is 8.72. The Labute approximate surface area is 154 Å². The highest BCUT2D eigenvalue weighted by atomic mass is 16.5. The Balaban J connectivity index is 1.52. The molecule has 5 heteroatoms. The summed E-state index contributed by atoms with van der Waals surface area (Å²) in [7, 11) is 3.27. The Morgan fingerprint density at radius 2 is 1.77 bits per heavy atom. The second-order valence-corrected chi connectivity index (χ2v) is 6.45. The van der Waals surface area contributed by atoms with Crippen molar-refractivity contribution in [3.8, 4) is 11.5 Å². The summed E-state index contributed by atoms with van der Waals surface area (Å²) in [6, 6.07) is 14.3. The summed E-state index contributed by atoms with van der Waals surface area (Å²) in [5.74, 6) is 1.59. The normalized spacial score (nSPS) is 13.2. The van der Waals surface area contributed by atoms with E-state index in [1.54, 1.807) is 14.2 Å². The van der Waals surface area contributed by atoms with Crippen molar-refractivity contribution in [3.05, 3.63) is 59.2 Å². The van der Waals surface area contributed by atoms with Crippen LogP contribution in [0.5, 0.6) is 11.5 Å². The van der Waals surface area contributed by atoms with Crippen molar-refractivity contribution in [1.82, 2.24) is 10.2 Å². The van der Waals surface area contributed by atoms with Crippen LogP contribution in [0.25, 0.3) is 0 Å². The number of carbonyl (C=O) groups is 1. The molecule has 1 amide bonds. The maximum absolute atomic E-state index is 12.5. The van der Waals surface area contributed by atoms with E-state index in [0.29, 0.717) is 18.8 Å². The zero-order valence-corrected chi connectivity index (χ0v) is 15.5. The zero-order chi connectivity index (χ0) is 18.4. The largest absolute Gasteiger partial charge is 0.493 e. The van der Waals surface area contributed by atoms with Crippen LogP contribution in [0.3, 0.4) is 0 Å². The highest BCUT2D eigenvalue weighted by Crippen LogP contribution is 2.33. The Bertz CT molecular complexity index is 746. The highest BCUT2D eigenvalue weighted by molar-refractivity contribution is 5.78. The molecule has 138 valence electrons. The van der Waals surface area contributed by atoms with E-state index < -0.39 is 0 Å². The predicted octanol–water partition coefficient (Wildman–Crippen LogP) is 2.42. The molecule has 0 spiro atoms. The van der Waals surface area contributed by atoms with Crippen LogP contribution in [0.2, 0.25) is 0 Å². The molecule has 0 fully saturated rings. The van der Waals surface area contributed by atoms with E-state index in [9.17, 15) is 4.79 Å². The molecule has 0 radical (unpaired) electrons. The van der Waals surface area contributed by atoms with E-state index in [1.165, 1.54) is 11.1 Å². The van der Waals surface area contributed by atoms with Gasteiger partial charge in [-0.25, -0.2) is 0 Å². The molecule has 0 saturated carbocycles. The first-order chi connectivity index (χ1) is 12.7. The van der Waals surface area contributed by atoms with Crippen LogP contribution < -0.4 is 14.8 Å². The summed E-state index contributed by atoms with van der Waals surface area (Å²) in [6.07, 6.45) is 1.76. The van der Waals surface area contributed by atoms with Gasteiger partial charge in [-0.2, -0.15) is 0 Å². The van der Waals surface area contributed by atoms with Crippen molar-refractivity contribution in [2.75, 3.05) is 33.9 Å². The van der Waals surface area contributed by atoms with Crippen LogP contribution in [0.4, 0.5) is 0 Å². The molecule has 1 N–H and O–H groups in total. The Morgan fingerprint density at radius 3 is 2.46 bits per heavy atom. The van der Waals surface area contributed by atoms with E-state index in [-0.39, 0.29) is 5.91 Å². The van der Waals surface area contributed by atoms with Gasteiger partial charge >= 0.3 is 0 Å². The lowest BCUT2D eigenvalue weighted by Crippen LogP contribution is -2.41. The number of amides is 1. The van der Waals surface area contributed by atoms with E-state index >= 15 is 0 Å². The SMILES string of the molecule is COc1cc2c(cc1OC)CN(C(=O)CNCCc1ccccc1)CC2. The topological polar surface area (TPSA) is 50.8 Å². The van der Waals surface area contributed by atoms with E-state index in [4.69, 9.17) is 9.47 Å². The molecule has 2 aromatic rings. The quantitative estimate of drug-likeness (QED) is 0.776. The fourth-order valence-electron chi connectivity index (χ4n) is 3.28. The first-order valence-corrected chi connectivity index (χ1v) is 8.97. The Morgan fingerprint density at radius 1 is 1.08 bits per heavy atom. The molecule has 3 rings (SSSR count). The highest BCUT2D eigenvalue weighted by Gasteiger charge is 2.22. The molecule has 0 aliphatic carbocycles. The number of carbonyl (C=O) groups excluding carboxylic acids is 1. The van der Waals surface area contributed by atoms with E-state index in [0.717, 1.165) is 37.2 Å². The van der Waals surface area contributed by atoms with Gasteiger partial charge in [-0.3, -0.25) is 4.79 Å². The molecule has 1 aliphatic rings. The van der Waals surface area contributed by atoms with Crippen molar-refractivity contribution in [2.24, 2.45) is 0 Å². The molecule has 0 bridgehead atoms. The molecule has 2 aromatic carbocycles. The van der Waals surface area contributed by atoms with Gasteiger partial charge in [0.15, 0.2) is 11.5 Å². The fourth-order valence-corrected chi connectivity index (χ4v) is 3.28. The Hall–Kier alpha value is -2.53. The van der Waals surface area contributed by atoms with Gasteiger partial charge in [-0.15, -0.1) is 0 Å². The molecule has 1 aliphatic heterocycles. The van der Waals surface area contributed by atoms with Gasteiger partial charge in [-0.05, 0) is 48.2 Å². The summed E-state index contributed by atoms with van der Waals surface area (Å²) in [5, 5.41) is 3.26. The lowest BCUT2D eigenvalue weighted by molar-refractivity contribution is -0.131. The number of hydrogen-bond acceptors (Lipinski definition) is 4. The van der Waals surface area contributed by atoms with Crippen molar-refractivity contribution >= 4 is 5.91 Å². The summed E-state index contributed by atoms with van der Waals surface area (Å²) in [6.45, 7) is 2.53. The summed E-state index contributed by atoms with van der Waals surface area (Å²) >= 11 is 0. The van der Waals surface area contributed by atoms with Gasteiger partial charge in [0.25, 0.3) is 0 Å². The number of fused-ring (bicyclic) bond motifs is 1. The van der Waals surface area contributed by atoms with Crippen molar-refractivity contribution in [2.45, 2.75) is 19.4 Å². The number of nitrogens with zero attached hydrogens (tertiary/aromatic N) is 1. The van der Waals surface area contributed by atoms with Crippen LogP contribution in [0.15, 0.2) is 42.5 Å². The van der Waals surface area contributed by atoms with Gasteiger partial charge in [-0.1, -0.05) is 30.3 Å². The predicted molar refractivity (Wildman–Crippen MR) is 102 cm³/mol. The third kappa shape index (κ3) is 4.35. The lowest BCUT2D eigenvalue weighted by Gasteiger charge is -2.29. The van der Waals surface area contributed by atoms with Crippen LogP contribution in [0.1, 0.15) is 16.7 Å². The Kier molecular flexibility index (Phi) is 6.12. The molecular weight excluding hydrogens is 328 g/mol. The standard InChI is InChI=1S/C21H26N2O3/c1-25-19-12-17-9-11-23(15-18(17)13-20(19)26-2)21(24)14-22-10-8-16-6-4-3-5-7-16/h3-7,12-13,22H,8-11,14-15H2,1-2H3. The molecule has 0 unspecified atom stereocenters. The van der Waals surface area contributed by atoms with Crippen LogP contribution >= 0.6 is 0 Å². The minimum Gasteiger partial charge on any atom is -0.493 e. The number of rotatable bonds is 7. The minimum atomic E-state index is 0.137. The van der Waals surface area contributed by atoms with Crippen LogP contribution in [-0.4, -0.2) is 44.7 Å². The number of hydrogen-bond donors (Lipinski definition) is 1. The molecule has 5 nitrogen and oxygen atoms in total. The minimum absolute atomic E-state index is 0.137. The third-order valence-corrected chi connectivity index (χ3v) is 4.78. The van der Waals surface area contributed by atoms with Crippen LogP contribution in [-0.2, 0) is 24.2 Å². The maximum atomic E-state index is 12.5. The molecule has 0 atom stereocenters. The van der Waals surface area contributed by atoms with Gasteiger partial charge < -0.3 is 19.7 Å². The molecule has 0 aromatic heterocycles. The molecule has 0 saturated heterocycles. The average molecular weight is 354 g/mol. The average Bonchev–Trinajstić information content (AvgIpc) is 2.70. The van der Waals surface area contributed by atoms with E-state index in [1.807, 2.05) is 35.2 Å². The fraction of sp³-hybridized carbons (Fsp3) is 0.381. The van der Waals surface area contributed by atoms with Crippen molar-refractivity contribution < 1.29 is 14.3 Å². The van der Waals surface area contributed by atoms with Crippen LogP contribution in [0, 0.1) is 0 Å². The number of methoxy groups -OCH3 is 2. The monoisotopic (exact) mass is 354 g/mol. The molecule has 26 heavy (non-hydrogen) atoms. The molecule has 1 heterocycles. The summed E-state index contributed by atoms with van der Waals surface area (Å²) in [5.41, 5.74) is 3.63. The summed E-state index contributed by atoms with van der Waals surface area (Å²) in [4.78, 5) is 14.4. The third-order valence-electron chi connectivity index (χ3n) is 4.78. The number of nitrogens with one attached hydrogen (secondary N) is 1. The number of benzene rings is 2. The van der Waals surface area contributed by atoms with Gasteiger partial charge in [0.2, 0.25) is 5.91 Å². The molecular formula is C21H26N2O3. The lowest BCUT2D eigenvalue weighted by atomic mass is 9.98. The summed E-state index contributed by atoms with van der Waals surface area (Å²) < 4.78 is 10.7. The maximum Gasteiger partial charge on any atom is 0.236 e. The first-order valence-electron chi connectivity index (χ1n) is 8.97. The van der Waals surface area contributed by atoms with Gasteiger partial charge in [0.1, 0.15) is 0 Å². The smallest absolute Gasteiger partial charge is 0.236 e. The first kappa shape index (κ1) is 18.3. The number of ether oxygens (including phenoxy) is 2.